The number of thioether (sulfide) groups is 1. The third kappa shape index (κ3) is 8.19. The van der Waals surface area contributed by atoms with Crippen molar-refractivity contribution in [3.05, 3.63) is 0 Å². The maximum atomic E-state index is 11.6. The lowest BCUT2D eigenvalue weighted by Crippen LogP contribution is -2.49. The molecule has 0 rings (SSSR count). The first kappa shape index (κ1) is 17.1. The third-order valence-electron chi connectivity index (χ3n) is 2.16. The minimum absolute atomic E-state index is 0.00631. The van der Waals surface area contributed by atoms with Crippen molar-refractivity contribution in [2.45, 2.75) is 32.4 Å². The average Bonchev–Trinajstić information content (AvgIpc) is 2.31. The number of carboxylic acids is 1. The van der Waals surface area contributed by atoms with E-state index in [2.05, 4.69) is 10.6 Å². The molecule has 0 aromatic heterocycles. The number of carbonyl (C=O) groups excluding carboxylic acids is 1. The molecule has 0 radical (unpaired) electrons. The minimum Gasteiger partial charge on any atom is -0.480 e. The van der Waals surface area contributed by atoms with Crippen LogP contribution in [0.15, 0.2) is 0 Å². The Bertz CT molecular complexity index is 263. The molecule has 0 saturated carbocycles. The van der Waals surface area contributed by atoms with E-state index < -0.39 is 18.0 Å². The highest BCUT2D eigenvalue weighted by Gasteiger charge is 2.20. The van der Waals surface area contributed by atoms with Gasteiger partial charge in [-0.05, 0) is 12.7 Å². The lowest BCUT2D eigenvalue weighted by atomic mass is 10.2. The highest BCUT2D eigenvalue weighted by atomic mass is 32.2. The number of ether oxygens (including phenoxy) is 1. The predicted molar refractivity (Wildman–Crippen MR) is 72.0 cm³/mol. The minimum atomic E-state index is -1.06. The first-order valence-corrected chi connectivity index (χ1v) is 7.03. The molecule has 0 aliphatic rings. The van der Waals surface area contributed by atoms with Crippen molar-refractivity contribution in [1.29, 1.82) is 0 Å². The summed E-state index contributed by atoms with van der Waals surface area (Å²) in [5.41, 5.74) is 0. The first-order valence-electron chi connectivity index (χ1n) is 5.87. The van der Waals surface area contributed by atoms with Gasteiger partial charge in [-0.1, -0.05) is 6.92 Å². The van der Waals surface area contributed by atoms with Crippen molar-refractivity contribution < 1.29 is 19.4 Å². The topological polar surface area (TPSA) is 87.7 Å². The number of rotatable bonds is 9. The first-order chi connectivity index (χ1) is 8.51. The highest BCUT2D eigenvalue weighted by molar-refractivity contribution is 7.99. The van der Waals surface area contributed by atoms with Crippen molar-refractivity contribution >= 4 is 23.8 Å². The van der Waals surface area contributed by atoms with Gasteiger partial charge < -0.3 is 20.5 Å². The van der Waals surface area contributed by atoms with E-state index in [1.165, 1.54) is 7.11 Å². The summed E-state index contributed by atoms with van der Waals surface area (Å²) in [5, 5.41) is 14.0. The fourth-order valence-electron chi connectivity index (χ4n) is 1.25. The van der Waals surface area contributed by atoms with Crippen molar-refractivity contribution in [3.63, 3.8) is 0 Å². The molecular weight excluding hydrogens is 256 g/mol. The zero-order valence-corrected chi connectivity index (χ0v) is 11.9. The molecule has 0 aliphatic heterocycles. The quantitative estimate of drug-likeness (QED) is 0.583. The summed E-state index contributed by atoms with van der Waals surface area (Å²) >= 11 is 1.72. The summed E-state index contributed by atoms with van der Waals surface area (Å²) in [6.45, 7) is 4.22. The van der Waals surface area contributed by atoms with Crippen molar-refractivity contribution in [1.82, 2.24) is 10.6 Å². The standard InChI is InChI=1S/C11H22N2O4S/c1-4-18-7-8(2)12-11(16)13-9(10(14)15)5-6-17-3/h8-9H,4-7H2,1-3H3,(H,14,15)(H2,12,13,16). The molecule has 18 heavy (non-hydrogen) atoms. The van der Waals surface area contributed by atoms with Crippen LogP contribution < -0.4 is 10.6 Å². The molecule has 0 saturated heterocycles. The van der Waals surface area contributed by atoms with Gasteiger partial charge in [-0.2, -0.15) is 11.8 Å². The fourth-order valence-corrected chi connectivity index (χ4v) is 1.93. The fraction of sp³-hybridized carbons (Fsp3) is 0.818. The third-order valence-corrected chi connectivity index (χ3v) is 3.31. The second-order valence-electron chi connectivity index (χ2n) is 3.85. The van der Waals surface area contributed by atoms with Gasteiger partial charge in [-0.25, -0.2) is 9.59 Å². The normalized spacial score (nSPS) is 13.7. The lowest BCUT2D eigenvalue weighted by Gasteiger charge is -2.17. The Morgan fingerprint density at radius 1 is 1.39 bits per heavy atom. The smallest absolute Gasteiger partial charge is 0.326 e. The largest absolute Gasteiger partial charge is 0.480 e. The Morgan fingerprint density at radius 3 is 2.56 bits per heavy atom. The number of urea groups is 1. The summed E-state index contributed by atoms with van der Waals surface area (Å²) in [6.07, 6.45) is 0.247. The summed E-state index contributed by atoms with van der Waals surface area (Å²) < 4.78 is 4.80. The average molecular weight is 278 g/mol. The van der Waals surface area contributed by atoms with Gasteiger partial charge >= 0.3 is 12.0 Å². The van der Waals surface area contributed by atoms with E-state index in [1.54, 1.807) is 11.8 Å². The molecule has 7 heteroatoms. The molecule has 0 aliphatic carbocycles. The van der Waals surface area contributed by atoms with Gasteiger partial charge in [-0.15, -0.1) is 0 Å². The Morgan fingerprint density at radius 2 is 2.06 bits per heavy atom. The molecule has 0 bridgehead atoms. The van der Waals surface area contributed by atoms with Gasteiger partial charge in [0.1, 0.15) is 6.04 Å². The molecule has 0 spiro atoms. The van der Waals surface area contributed by atoms with Crippen LogP contribution in [0.1, 0.15) is 20.3 Å². The van der Waals surface area contributed by atoms with Crippen LogP contribution in [0.25, 0.3) is 0 Å². The molecule has 6 nitrogen and oxygen atoms in total. The van der Waals surface area contributed by atoms with E-state index in [9.17, 15) is 9.59 Å². The second kappa shape index (κ2) is 10.0. The van der Waals surface area contributed by atoms with Gasteiger partial charge in [0.05, 0.1) is 0 Å². The molecule has 0 heterocycles. The Hall–Kier alpha value is -0.950. The number of nitrogens with one attached hydrogen (secondary N) is 2. The van der Waals surface area contributed by atoms with Gasteiger partial charge in [0.2, 0.25) is 0 Å². The zero-order chi connectivity index (χ0) is 14.0. The number of hydrogen-bond donors (Lipinski definition) is 3. The molecule has 2 unspecified atom stereocenters. The van der Waals surface area contributed by atoms with Crippen LogP contribution >= 0.6 is 11.8 Å². The van der Waals surface area contributed by atoms with E-state index in [1.807, 2.05) is 13.8 Å². The lowest BCUT2D eigenvalue weighted by molar-refractivity contribution is -0.139. The van der Waals surface area contributed by atoms with E-state index in [-0.39, 0.29) is 12.5 Å². The molecule has 106 valence electrons. The highest BCUT2D eigenvalue weighted by Crippen LogP contribution is 2.01. The van der Waals surface area contributed by atoms with Gasteiger partial charge in [0, 0.05) is 31.9 Å². The van der Waals surface area contributed by atoms with E-state index in [0.717, 1.165) is 11.5 Å². The maximum Gasteiger partial charge on any atom is 0.326 e. The summed E-state index contributed by atoms with van der Waals surface area (Å²) in [6, 6.07) is -1.37. The number of carbonyl (C=O) groups is 2. The van der Waals surface area contributed by atoms with E-state index >= 15 is 0 Å². The SMILES string of the molecule is CCSCC(C)NC(=O)NC(CCOC)C(=O)O. The van der Waals surface area contributed by atoms with Crippen LogP contribution in [0.3, 0.4) is 0 Å². The number of amides is 2. The monoisotopic (exact) mass is 278 g/mol. The van der Waals surface area contributed by atoms with E-state index in [4.69, 9.17) is 9.84 Å². The molecule has 0 aromatic rings. The summed E-state index contributed by atoms with van der Waals surface area (Å²) in [4.78, 5) is 22.5. The number of hydrogen-bond acceptors (Lipinski definition) is 4. The molecule has 0 aromatic carbocycles. The van der Waals surface area contributed by atoms with Gasteiger partial charge in [0.15, 0.2) is 0 Å². The summed E-state index contributed by atoms with van der Waals surface area (Å²) in [5.74, 6) is 0.733. The van der Waals surface area contributed by atoms with E-state index in [0.29, 0.717) is 6.61 Å². The number of methoxy groups -OCH3 is 1. The van der Waals surface area contributed by atoms with Crippen LogP contribution in [0.2, 0.25) is 0 Å². The summed E-state index contributed by atoms with van der Waals surface area (Å²) in [7, 11) is 1.49. The van der Waals surface area contributed by atoms with Crippen LogP contribution in [0.4, 0.5) is 4.79 Å². The second-order valence-corrected chi connectivity index (χ2v) is 5.17. The van der Waals surface area contributed by atoms with Crippen LogP contribution in [0, 0.1) is 0 Å². The van der Waals surface area contributed by atoms with Crippen molar-refractivity contribution in [2.75, 3.05) is 25.2 Å². The van der Waals surface area contributed by atoms with Crippen LogP contribution in [0.5, 0.6) is 0 Å². The van der Waals surface area contributed by atoms with Crippen LogP contribution in [-0.4, -0.2) is 54.4 Å². The zero-order valence-electron chi connectivity index (χ0n) is 11.1. The van der Waals surface area contributed by atoms with Crippen molar-refractivity contribution in [3.8, 4) is 0 Å². The molecule has 2 amide bonds. The van der Waals surface area contributed by atoms with Gasteiger partial charge in [0.25, 0.3) is 0 Å². The van der Waals surface area contributed by atoms with Gasteiger partial charge in [-0.3, -0.25) is 0 Å². The molecule has 2 atom stereocenters. The molecular formula is C11H22N2O4S. The number of carboxylic acid groups (broad SMARTS) is 1. The Kier molecular flexibility index (Phi) is 9.49. The number of aliphatic carboxylic acids is 1. The predicted octanol–water partition coefficient (Wildman–Crippen LogP) is 0.917. The molecule has 3 N–H and O–H groups in total. The van der Waals surface area contributed by atoms with Crippen LogP contribution in [-0.2, 0) is 9.53 Å². The Balaban J connectivity index is 4.04. The molecule has 0 fully saturated rings. The maximum absolute atomic E-state index is 11.6. The Labute approximate surface area is 112 Å². The van der Waals surface area contributed by atoms with Crippen molar-refractivity contribution in [2.24, 2.45) is 0 Å².